The Morgan fingerprint density at radius 2 is 1.47 bits per heavy atom. The lowest BCUT2D eigenvalue weighted by Gasteiger charge is -2.34. The van der Waals surface area contributed by atoms with Gasteiger partial charge in [-0.2, -0.15) is 0 Å². The van der Waals surface area contributed by atoms with Gasteiger partial charge in [-0.15, -0.1) is 0 Å². The summed E-state index contributed by atoms with van der Waals surface area (Å²) < 4.78 is 16.1. The normalized spacial score (nSPS) is 13.7. The summed E-state index contributed by atoms with van der Waals surface area (Å²) in [7, 11) is 3.19. The number of carbonyl (C=O) groups excluding carboxylic acids is 2. The molecule has 0 aliphatic carbocycles. The molecule has 0 N–H and O–H groups in total. The molecule has 0 atom stereocenters. The second-order valence-electron chi connectivity index (χ2n) is 7.05. The fourth-order valence-corrected chi connectivity index (χ4v) is 3.40. The van der Waals surface area contributed by atoms with E-state index in [9.17, 15) is 9.59 Å². The zero-order valence-electron chi connectivity index (χ0n) is 17.5. The fraction of sp³-hybridized carbons (Fsp3) is 0.391. The third kappa shape index (κ3) is 5.65. The summed E-state index contributed by atoms with van der Waals surface area (Å²) in [6, 6.07) is 15.0. The van der Waals surface area contributed by atoms with E-state index in [1.165, 1.54) is 0 Å². The second-order valence-corrected chi connectivity index (χ2v) is 7.05. The lowest BCUT2D eigenvalue weighted by atomic mass is 10.1. The molecule has 0 spiro atoms. The topological polar surface area (TPSA) is 68.3 Å². The molecule has 2 aromatic rings. The minimum absolute atomic E-state index is 0.0112. The van der Waals surface area contributed by atoms with E-state index >= 15 is 0 Å². The molecule has 0 aromatic heterocycles. The Kier molecular flexibility index (Phi) is 7.54. The number of carbonyl (C=O) groups is 2. The van der Waals surface area contributed by atoms with Crippen LogP contribution >= 0.6 is 0 Å². The summed E-state index contributed by atoms with van der Waals surface area (Å²) in [5.41, 5.74) is 1.02. The molecule has 1 aliphatic rings. The van der Waals surface area contributed by atoms with Gasteiger partial charge in [-0.3, -0.25) is 9.59 Å². The highest BCUT2D eigenvalue weighted by Gasteiger charge is 2.24. The number of aryl methyl sites for hydroxylation is 1. The van der Waals surface area contributed by atoms with Crippen molar-refractivity contribution in [3.8, 4) is 17.2 Å². The minimum atomic E-state index is -0.0590. The molecule has 0 bridgehead atoms. The Hall–Kier alpha value is -3.22. The van der Waals surface area contributed by atoms with Gasteiger partial charge in [0.05, 0.1) is 14.2 Å². The number of amides is 2. The first-order valence-electron chi connectivity index (χ1n) is 10.0. The minimum Gasteiger partial charge on any atom is -0.493 e. The van der Waals surface area contributed by atoms with Crippen molar-refractivity contribution in [2.75, 3.05) is 47.0 Å². The van der Waals surface area contributed by atoms with Crippen LogP contribution in [0.3, 0.4) is 0 Å². The van der Waals surface area contributed by atoms with Crippen LogP contribution in [0.5, 0.6) is 17.2 Å². The maximum absolute atomic E-state index is 12.6. The summed E-state index contributed by atoms with van der Waals surface area (Å²) in [6.45, 7) is 2.15. The predicted molar refractivity (Wildman–Crippen MR) is 113 cm³/mol. The van der Waals surface area contributed by atoms with Crippen molar-refractivity contribution in [1.29, 1.82) is 0 Å². The molecule has 7 heteroatoms. The van der Waals surface area contributed by atoms with Crippen molar-refractivity contribution in [3.63, 3.8) is 0 Å². The molecule has 1 aliphatic heterocycles. The number of benzene rings is 2. The number of methoxy groups -OCH3 is 2. The van der Waals surface area contributed by atoms with Crippen molar-refractivity contribution < 1.29 is 23.8 Å². The van der Waals surface area contributed by atoms with Crippen LogP contribution in [0.4, 0.5) is 0 Å². The molecule has 1 saturated heterocycles. The van der Waals surface area contributed by atoms with Gasteiger partial charge in [-0.1, -0.05) is 24.3 Å². The number of ether oxygens (including phenoxy) is 3. The van der Waals surface area contributed by atoms with Crippen molar-refractivity contribution in [2.45, 2.75) is 12.8 Å². The van der Waals surface area contributed by atoms with Crippen LogP contribution in [0.15, 0.2) is 48.5 Å². The molecule has 0 unspecified atom stereocenters. The molecule has 0 saturated carbocycles. The van der Waals surface area contributed by atoms with Gasteiger partial charge >= 0.3 is 0 Å². The molecule has 1 fully saturated rings. The third-order valence-corrected chi connectivity index (χ3v) is 5.17. The van der Waals surface area contributed by atoms with E-state index in [0.717, 1.165) is 5.56 Å². The van der Waals surface area contributed by atoms with Gasteiger partial charge in [0.15, 0.2) is 18.1 Å². The van der Waals surface area contributed by atoms with Crippen LogP contribution in [0.2, 0.25) is 0 Å². The van der Waals surface area contributed by atoms with Crippen molar-refractivity contribution >= 4 is 11.8 Å². The highest BCUT2D eigenvalue weighted by atomic mass is 16.5. The number of hydrogen-bond acceptors (Lipinski definition) is 5. The van der Waals surface area contributed by atoms with Crippen LogP contribution < -0.4 is 14.2 Å². The largest absolute Gasteiger partial charge is 0.493 e. The summed E-state index contributed by atoms with van der Waals surface area (Å²) in [5, 5.41) is 0. The van der Waals surface area contributed by atoms with E-state index < -0.39 is 0 Å². The lowest BCUT2D eigenvalue weighted by Crippen LogP contribution is -2.51. The smallest absolute Gasteiger partial charge is 0.260 e. The average Bonchev–Trinajstić information content (AvgIpc) is 2.81. The summed E-state index contributed by atoms with van der Waals surface area (Å²) in [4.78, 5) is 28.5. The predicted octanol–water partition coefficient (Wildman–Crippen LogP) is 2.39. The zero-order valence-corrected chi connectivity index (χ0v) is 17.5. The van der Waals surface area contributed by atoms with E-state index in [4.69, 9.17) is 14.2 Å². The van der Waals surface area contributed by atoms with Crippen LogP contribution in [0.1, 0.15) is 12.0 Å². The molecular weight excluding hydrogens is 384 g/mol. The van der Waals surface area contributed by atoms with Gasteiger partial charge in [-0.25, -0.2) is 0 Å². The Morgan fingerprint density at radius 3 is 2.10 bits per heavy atom. The zero-order chi connectivity index (χ0) is 21.3. The van der Waals surface area contributed by atoms with E-state index in [-0.39, 0.29) is 18.4 Å². The maximum atomic E-state index is 12.6. The Bertz CT molecular complexity index is 848. The quantitative estimate of drug-likeness (QED) is 0.666. The number of piperazine rings is 1. The van der Waals surface area contributed by atoms with Crippen LogP contribution in [-0.4, -0.2) is 68.6 Å². The molecule has 160 valence electrons. The standard InChI is InChI=1S/C23H28N2O5/c1-28-20-10-8-18(16-21(20)29-2)9-11-22(26)24-12-14-25(15-13-24)23(27)17-30-19-6-4-3-5-7-19/h3-8,10,16H,9,11-15,17H2,1-2H3. The number of nitrogens with zero attached hydrogens (tertiary/aromatic N) is 2. The molecule has 7 nitrogen and oxygen atoms in total. The molecular formula is C23H28N2O5. The highest BCUT2D eigenvalue weighted by Crippen LogP contribution is 2.28. The lowest BCUT2D eigenvalue weighted by molar-refractivity contribution is -0.140. The molecule has 30 heavy (non-hydrogen) atoms. The third-order valence-electron chi connectivity index (χ3n) is 5.17. The first-order chi connectivity index (χ1) is 14.6. The van der Waals surface area contributed by atoms with E-state index in [0.29, 0.717) is 56.3 Å². The molecule has 1 heterocycles. The first-order valence-corrected chi connectivity index (χ1v) is 10.0. The van der Waals surface area contributed by atoms with Gasteiger partial charge in [0.1, 0.15) is 5.75 Å². The monoisotopic (exact) mass is 412 g/mol. The van der Waals surface area contributed by atoms with Crippen molar-refractivity contribution in [1.82, 2.24) is 9.80 Å². The van der Waals surface area contributed by atoms with Gasteiger partial charge in [-0.05, 0) is 36.2 Å². The molecule has 2 aromatic carbocycles. The molecule has 0 radical (unpaired) electrons. The summed E-state index contributed by atoms with van der Waals surface area (Å²) >= 11 is 0. The second kappa shape index (κ2) is 10.5. The van der Waals surface area contributed by atoms with Gasteiger partial charge in [0, 0.05) is 32.6 Å². The van der Waals surface area contributed by atoms with Crippen molar-refractivity contribution in [3.05, 3.63) is 54.1 Å². The van der Waals surface area contributed by atoms with E-state index in [2.05, 4.69) is 0 Å². The molecule has 2 amide bonds. The van der Waals surface area contributed by atoms with Gasteiger partial charge < -0.3 is 24.0 Å². The SMILES string of the molecule is COc1ccc(CCC(=O)N2CCN(C(=O)COc3ccccc3)CC2)cc1OC. The van der Waals surface area contributed by atoms with Crippen LogP contribution in [-0.2, 0) is 16.0 Å². The average molecular weight is 412 g/mol. The van der Waals surface area contributed by atoms with Gasteiger partial charge in [0.2, 0.25) is 5.91 Å². The number of hydrogen-bond donors (Lipinski definition) is 0. The Morgan fingerprint density at radius 1 is 0.833 bits per heavy atom. The van der Waals surface area contributed by atoms with E-state index in [1.807, 2.05) is 53.4 Å². The first kappa shape index (κ1) is 21.5. The molecule has 3 rings (SSSR count). The van der Waals surface area contributed by atoms with Gasteiger partial charge in [0.25, 0.3) is 5.91 Å². The van der Waals surface area contributed by atoms with E-state index in [1.54, 1.807) is 19.1 Å². The highest BCUT2D eigenvalue weighted by molar-refractivity contribution is 5.79. The van der Waals surface area contributed by atoms with Crippen molar-refractivity contribution in [2.24, 2.45) is 0 Å². The fourth-order valence-electron chi connectivity index (χ4n) is 3.40. The number of rotatable bonds is 8. The number of para-hydroxylation sites is 1. The summed E-state index contributed by atoms with van der Waals surface area (Å²) in [6.07, 6.45) is 1.05. The Balaban J connectivity index is 1.42. The summed E-state index contributed by atoms with van der Waals surface area (Å²) in [5.74, 6) is 2.04. The van der Waals surface area contributed by atoms with Crippen LogP contribution in [0, 0.1) is 0 Å². The Labute approximate surface area is 177 Å². The van der Waals surface area contributed by atoms with Crippen LogP contribution in [0.25, 0.3) is 0 Å². The maximum Gasteiger partial charge on any atom is 0.260 e.